The molecule has 0 heterocycles. The van der Waals surface area contributed by atoms with Crippen LogP contribution in [-0.4, -0.2) is 17.4 Å². The third kappa shape index (κ3) is 1.91. The van der Waals surface area contributed by atoms with E-state index in [4.69, 9.17) is 10.0 Å². The van der Waals surface area contributed by atoms with Crippen molar-refractivity contribution in [1.29, 1.82) is 0 Å². The standard InChI is InChI=1S/C5H7BO3/c7-6(8)9-5-3-1-2-4-5/h1-3,7-8H,4H2. The van der Waals surface area contributed by atoms with Crippen LogP contribution in [0.25, 0.3) is 0 Å². The van der Waals surface area contributed by atoms with Gasteiger partial charge in [-0.15, -0.1) is 0 Å². The first kappa shape index (κ1) is 6.39. The topological polar surface area (TPSA) is 49.7 Å². The van der Waals surface area contributed by atoms with E-state index in [0.717, 1.165) is 0 Å². The molecule has 0 aliphatic heterocycles. The molecule has 0 unspecified atom stereocenters. The maximum Gasteiger partial charge on any atom is 0.707 e. The summed E-state index contributed by atoms with van der Waals surface area (Å²) >= 11 is 0. The van der Waals surface area contributed by atoms with E-state index in [1.54, 1.807) is 12.2 Å². The number of allylic oxidation sites excluding steroid dienone is 3. The number of rotatable bonds is 2. The van der Waals surface area contributed by atoms with Gasteiger partial charge in [0.2, 0.25) is 0 Å². The highest BCUT2D eigenvalue weighted by Crippen LogP contribution is 2.10. The molecule has 0 saturated carbocycles. The van der Waals surface area contributed by atoms with Crippen LogP contribution in [0.4, 0.5) is 0 Å². The molecular formula is C5H7BO3. The zero-order valence-corrected chi connectivity index (χ0v) is 4.82. The monoisotopic (exact) mass is 126 g/mol. The van der Waals surface area contributed by atoms with E-state index in [2.05, 4.69) is 4.65 Å². The third-order valence-electron chi connectivity index (χ3n) is 0.994. The average Bonchev–Trinajstić information content (AvgIpc) is 2.15. The molecule has 1 aliphatic carbocycles. The Bertz CT molecular complexity index is 150. The molecule has 9 heavy (non-hydrogen) atoms. The van der Waals surface area contributed by atoms with Crippen LogP contribution in [0, 0.1) is 0 Å². The highest BCUT2D eigenvalue weighted by atomic mass is 16.6. The summed E-state index contributed by atoms with van der Waals surface area (Å²) < 4.78 is 4.52. The fourth-order valence-corrected chi connectivity index (χ4v) is 0.650. The Morgan fingerprint density at radius 1 is 1.56 bits per heavy atom. The van der Waals surface area contributed by atoms with Crippen LogP contribution < -0.4 is 0 Å². The Labute approximate surface area is 53.4 Å². The molecule has 0 aromatic rings. The first-order valence-electron chi connectivity index (χ1n) is 2.67. The molecule has 48 valence electrons. The first-order chi connectivity index (χ1) is 4.29. The van der Waals surface area contributed by atoms with Gasteiger partial charge in [-0.1, -0.05) is 12.2 Å². The lowest BCUT2D eigenvalue weighted by Crippen LogP contribution is -2.15. The van der Waals surface area contributed by atoms with Gasteiger partial charge in [-0.3, -0.25) is 0 Å². The second kappa shape index (κ2) is 2.71. The quantitative estimate of drug-likeness (QED) is 0.504. The van der Waals surface area contributed by atoms with Crippen molar-refractivity contribution in [2.24, 2.45) is 0 Å². The zero-order chi connectivity index (χ0) is 6.69. The molecule has 2 N–H and O–H groups in total. The molecule has 0 atom stereocenters. The van der Waals surface area contributed by atoms with E-state index >= 15 is 0 Å². The highest BCUT2D eigenvalue weighted by Gasteiger charge is 2.12. The van der Waals surface area contributed by atoms with Gasteiger partial charge in [0.15, 0.2) is 0 Å². The normalized spacial score (nSPS) is 15.6. The molecule has 0 fully saturated rings. The predicted octanol–water partition coefficient (Wildman–Crippen LogP) is -0.184. The Morgan fingerprint density at radius 3 is 2.78 bits per heavy atom. The maximum atomic E-state index is 8.28. The Balaban J connectivity index is 2.30. The molecular weight excluding hydrogens is 119 g/mol. The van der Waals surface area contributed by atoms with Gasteiger partial charge in [-0.2, -0.15) is 0 Å². The summed E-state index contributed by atoms with van der Waals surface area (Å²) in [5.74, 6) is 0.588. The number of hydrogen-bond donors (Lipinski definition) is 2. The second-order valence-corrected chi connectivity index (χ2v) is 1.71. The van der Waals surface area contributed by atoms with Crippen molar-refractivity contribution in [1.82, 2.24) is 0 Å². The van der Waals surface area contributed by atoms with Crippen molar-refractivity contribution >= 4 is 7.32 Å². The Morgan fingerprint density at radius 2 is 2.33 bits per heavy atom. The molecule has 0 aromatic carbocycles. The van der Waals surface area contributed by atoms with E-state index in [-0.39, 0.29) is 0 Å². The van der Waals surface area contributed by atoms with Gasteiger partial charge in [-0.05, 0) is 6.08 Å². The highest BCUT2D eigenvalue weighted by molar-refractivity contribution is 6.33. The number of hydrogen-bond acceptors (Lipinski definition) is 3. The Hall–Kier alpha value is -0.735. The van der Waals surface area contributed by atoms with Gasteiger partial charge in [-0.25, -0.2) is 0 Å². The summed E-state index contributed by atoms with van der Waals surface area (Å²) in [4.78, 5) is 0. The summed E-state index contributed by atoms with van der Waals surface area (Å²) in [5.41, 5.74) is 0. The lowest BCUT2D eigenvalue weighted by Gasteiger charge is -2.02. The molecule has 1 rings (SSSR count). The third-order valence-corrected chi connectivity index (χ3v) is 0.994. The van der Waals surface area contributed by atoms with Gasteiger partial charge in [0.1, 0.15) is 0 Å². The van der Waals surface area contributed by atoms with Gasteiger partial charge in [0.25, 0.3) is 0 Å². The molecule has 0 bridgehead atoms. The molecule has 0 amide bonds. The molecule has 0 radical (unpaired) electrons. The minimum atomic E-state index is -1.68. The smallest absolute Gasteiger partial charge is 0.515 e. The van der Waals surface area contributed by atoms with Crippen LogP contribution in [0.3, 0.4) is 0 Å². The van der Waals surface area contributed by atoms with Gasteiger partial charge in [0.05, 0.1) is 5.76 Å². The van der Waals surface area contributed by atoms with E-state index in [1.165, 1.54) is 0 Å². The van der Waals surface area contributed by atoms with Crippen molar-refractivity contribution in [3.63, 3.8) is 0 Å². The minimum absolute atomic E-state index is 0.588. The average molecular weight is 126 g/mol. The molecule has 1 aliphatic rings. The fourth-order valence-electron chi connectivity index (χ4n) is 0.650. The van der Waals surface area contributed by atoms with Crippen molar-refractivity contribution in [3.05, 3.63) is 24.0 Å². The molecule has 0 aromatic heterocycles. The lowest BCUT2D eigenvalue weighted by atomic mass is 10.2. The summed E-state index contributed by atoms with van der Waals surface area (Å²) in [6.07, 6.45) is 6.02. The SMILES string of the molecule is OB(O)OC1=CC=CC1. The largest absolute Gasteiger partial charge is 0.707 e. The van der Waals surface area contributed by atoms with Crippen LogP contribution in [0.15, 0.2) is 24.0 Å². The molecule has 0 spiro atoms. The molecule has 3 nitrogen and oxygen atoms in total. The van der Waals surface area contributed by atoms with Crippen LogP contribution in [0.5, 0.6) is 0 Å². The van der Waals surface area contributed by atoms with E-state index in [1.807, 2.05) is 6.08 Å². The lowest BCUT2D eigenvalue weighted by molar-refractivity contribution is 0.235. The summed E-state index contributed by atoms with van der Waals surface area (Å²) in [6, 6.07) is 0. The zero-order valence-electron chi connectivity index (χ0n) is 4.82. The van der Waals surface area contributed by atoms with E-state index in [0.29, 0.717) is 12.2 Å². The van der Waals surface area contributed by atoms with Crippen LogP contribution in [0.1, 0.15) is 6.42 Å². The second-order valence-electron chi connectivity index (χ2n) is 1.71. The van der Waals surface area contributed by atoms with Crippen molar-refractivity contribution in [2.45, 2.75) is 6.42 Å². The summed E-state index contributed by atoms with van der Waals surface area (Å²) in [7, 11) is -1.68. The first-order valence-corrected chi connectivity index (χ1v) is 2.67. The van der Waals surface area contributed by atoms with Crippen LogP contribution >= 0.6 is 0 Å². The molecule has 0 saturated heterocycles. The van der Waals surface area contributed by atoms with Crippen molar-refractivity contribution in [2.75, 3.05) is 0 Å². The van der Waals surface area contributed by atoms with Crippen LogP contribution in [-0.2, 0) is 4.65 Å². The minimum Gasteiger partial charge on any atom is -0.515 e. The van der Waals surface area contributed by atoms with E-state index < -0.39 is 7.32 Å². The van der Waals surface area contributed by atoms with Crippen LogP contribution in [0.2, 0.25) is 0 Å². The van der Waals surface area contributed by atoms with Gasteiger partial charge < -0.3 is 14.7 Å². The summed E-state index contributed by atoms with van der Waals surface area (Å²) in [6.45, 7) is 0. The molecule has 4 heteroatoms. The maximum absolute atomic E-state index is 8.28. The van der Waals surface area contributed by atoms with E-state index in [9.17, 15) is 0 Å². The van der Waals surface area contributed by atoms with Crippen molar-refractivity contribution < 1.29 is 14.7 Å². The Kier molecular flexibility index (Phi) is 1.92. The summed E-state index contributed by atoms with van der Waals surface area (Å²) in [5, 5.41) is 16.6. The predicted molar refractivity (Wildman–Crippen MR) is 33.1 cm³/mol. The van der Waals surface area contributed by atoms with Gasteiger partial charge >= 0.3 is 7.32 Å². The van der Waals surface area contributed by atoms with Crippen molar-refractivity contribution in [3.8, 4) is 0 Å². The van der Waals surface area contributed by atoms with Gasteiger partial charge in [0, 0.05) is 6.42 Å². The fraction of sp³-hybridized carbons (Fsp3) is 0.200.